The molecule has 0 fully saturated rings. The van der Waals surface area contributed by atoms with Gasteiger partial charge in [0.2, 0.25) is 0 Å². The van der Waals surface area contributed by atoms with E-state index in [0.717, 1.165) is 51.9 Å². The Kier molecular flexibility index (Phi) is 4.71. The van der Waals surface area contributed by atoms with Crippen molar-refractivity contribution in [3.63, 3.8) is 0 Å². The van der Waals surface area contributed by atoms with E-state index in [1.807, 2.05) is 60.1 Å². The van der Waals surface area contributed by atoms with Crippen molar-refractivity contribution in [1.82, 2.24) is 20.4 Å². The second-order valence-electron chi connectivity index (χ2n) is 6.93. The van der Waals surface area contributed by atoms with Crippen molar-refractivity contribution in [2.45, 2.75) is 6.42 Å². The van der Waals surface area contributed by atoms with Gasteiger partial charge in [0.25, 0.3) is 0 Å². The minimum atomic E-state index is 0.696. The number of fused-ring (bicyclic) bond motifs is 4. The molecule has 29 heavy (non-hydrogen) atoms. The van der Waals surface area contributed by atoms with Gasteiger partial charge >= 0.3 is 0 Å². The van der Waals surface area contributed by atoms with E-state index in [2.05, 4.69) is 26.8 Å². The van der Waals surface area contributed by atoms with Crippen molar-refractivity contribution in [2.75, 3.05) is 18.4 Å². The minimum Gasteiger partial charge on any atom is -0.338 e. The number of anilines is 2. The summed E-state index contributed by atoms with van der Waals surface area (Å²) in [6, 6.07) is 14.0. The largest absolute Gasteiger partial charge is 0.338 e. The maximum absolute atomic E-state index is 6.08. The molecule has 2 aliphatic rings. The number of rotatable bonds is 4. The van der Waals surface area contributed by atoms with E-state index in [1.54, 1.807) is 6.20 Å². The summed E-state index contributed by atoms with van der Waals surface area (Å²) in [5, 5.41) is 6.19. The highest BCUT2D eigenvalue weighted by Crippen LogP contribution is 2.40. The summed E-state index contributed by atoms with van der Waals surface area (Å²) >= 11 is 6.08. The van der Waals surface area contributed by atoms with Crippen LogP contribution in [0.5, 0.6) is 0 Å². The van der Waals surface area contributed by atoms with Crippen LogP contribution >= 0.6 is 11.6 Å². The lowest BCUT2D eigenvalue weighted by atomic mass is 10.0. The Bertz CT molecular complexity index is 1120. The number of hydrazine groups is 1. The van der Waals surface area contributed by atoms with Gasteiger partial charge in [-0.2, -0.15) is 0 Å². The molecule has 2 aliphatic heterocycles. The van der Waals surface area contributed by atoms with E-state index in [0.29, 0.717) is 6.54 Å². The van der Waals surface area contributed by atoms with Crippen molar-refractivity contribution in [3.8, 4) is 0 Å². The summed E-state index contributed by atoms with van der Waals surface area (Å²) in [6.07, 6.45) is 8.15. The average molecular weight is 403 g/mol. The van der Waals surface area contributed by atoms with Crippen molar-refractivity contribution in [3.05, 3.63) is 82.8 Å². The van der Waals surface area contributed by atoms with Gasteiger partial charge in [-0.05, 0) is 42.3 Å². The molecule has 144 valence electrons. The third kappa shape index (κ3) is 3.60. The standard InChI is InChI=1S/C22H19ClN6/c23-16-4-1-3-15(11-16)6-10-27-29-13-19-17-7-9-24-12-20(17)28-22-18(5-2-8-25-22)21(19)26-14-29/h1-5,7-9,11-12,14,27H,6,10,13H2,(H,25,28). The molecule has 1 aromatic carbocycles. The van der Waals surface area contributed by atoms with Crippen LogP contribution in [-0.2, 0) is 6.42 Å². The Balaban J connectivity index is 1.39. The summed E-state index contributed by atoms with van der Waals surface area (Å²) in [7, 11) is 0. The predicted octanol–water partition coefficient (Wildman–Crippen LogP) is 4.15. The number of nitrogens with one attached hydrogen (secondary N) is 2. The van der Waals surface area contributed by atoms with Gasteiger partial charge < -0.3 is 5.32 Å². The first-order chi connectivity index (χ1) is 14.3. The fraction of sp³-hybridized carbons (Fsp3) is 0.136. The molecule has 0 atom stereocenters. The lowest BCUT2D eigenvalue weighted by Gasteiger charge is -2.27. The molecule has 0 spiro atoms. The van der Waals surface area contributed by atoms with Crippen LogP contribution in [0.15, 0.2) is 66.0 Å². The Morgan fingerprint density at radius 2 is 2.07 bits per heavy atom. The second-order valence-corrected chi connectivity index (χ2v) is 7.37. The number of aromatic nitrogens is 2. The van der Waals surface area contributed by atoms with E-state index in [1.165, 1.54) is 5.56 Å². The predicted molar refractivity (Wildman–Crippen MR) is 117 cm³/mol. The Morgan fingerprint density at radius 1 is 1.10 bits per heavy atom. The summed E-state index contributed by atoms with van der Waals surface area (Å²) in [4.78, 5) is 13.5. The van der Waals surface area contributed by atoms with E-state index in [4.69, 9.17) is 16.6 Å². The van der Waals surface area contributed by atoms with E-state index in [-0.39, 0.29) is 0 Å². The highest BCUT2D eigenvalue weighted by atomic mass is 35.5. The first-order valence-electron chi connectivity index (χ1n) is 9.47. The Hall–Kier alpha value is -3.22. The number of benzene rings is 1. The zero-order valence-corrected chi connectivity index (χ0v) is 16.4. The molecule has 6 nitrogen and oxygen atoms in total. The van der Waals surface area contributed by atoms with Gasteiger partial charge in [0.05, 0.1) is 24.1 Å². The van der Waals surface area contributed by atoms with Crippen LogP contribution in [0.1, 0.15) is 16.7 Å². The van der Waals surface area contributed by atoms with Crippen LogP contribution in [-0.4, -0.2) is 34.4 Å². The van der Waals surface area contributed by atoms with Gasteiger partial charge in [0.1, 0.15) is 12.2 Å². The number of nitrogens with zero attached hydrogens (tertiary/aromatic N) is 4. The van der Waals surface area contributed by atoms with E-state index in [9.17, 15) is 0 Å². The van der Waals surface area contributed by atoms with Crippen molar-refractivity contribution < 1.29 is 0 Å². The maximum Gasteiger partial charge on any atom is 0.139 e. The summed E-state index contributed by atoms with van der Waals surface area (Å²) in [6.45, 7) is 1.48. The lowest BCUT2D eigenvalue weighted by Crippen LogP contribution is -2.40. The fourth-order valence-corrected chi connectivity index (χ4v) is 3.86. The van der Waals surface area contributed by atoms with Crippen LogP contribution in [0.2, 0.25) is 5.02 Å². The third-order valence-corrected chi connectivity index (χ3v) is 5.26. The smallest absolute Gasteiger partial charge is 0.139 e. The van der Waals surface area contributed by atoms with Crippen molar-refractivity contribution in [2.24, 2.45) is 4.99 Å². The quantitative estimate of drug-likeness (QED) is 0.686. The van der Waals surface area contributed by atoms with E-state index >= 15 is 0 Å². The normalized spacial score (nSPS) is 14.6. The molecule has 5 rings (SSSR count). The number of halogens is 1. The number of pyridine rings is 2. The zero-order valence-electron chi connectivity index (χ0n) is 15.6. The summed E-state index contributed by atoms with van der Waals surface area (Å²) in [5.74, 6) is 0.797. The van der Waals surface area contributed by atoms with Gasteiger partial charge in [-0.3, -0.25) is 9.99 Å². The summed E-state index contributed by atoms with van der Waals surface area (Å²) < 4.78 is 0. The second kappa shape index (κ2) is 7.66. The molecule has 0 radical (unpaired) electrons. The molecule has 0 amide bonds. The van der Waals surface area contributed by atoms with Gasteiger partial charge in [0, 0.05) is 40.7 Å². The zero-order chi connectivity index (χ0) is 19.6. The van der Waals surface area contributed by atoms with Gasteiger partial charge in [-0.1, -0.05) is 23.7 Å². The molecule has 2 N–H and O–H groups in total. The SMILES string of the molecule is Clc1cccc(CCNN2C=NC3=C(C2)c2ccncc2Nc2ncccc23)c1. The van der Waals surface area contributed by atoms with Crippen LogP contribution in [0.25, 0.3) is 11.3 Å². The first kappa shape index (κ1) is 17.8. The van der Waals surface area contributed by atoms with Crippen molar-refractivity contribution >= 4 is 40.7 Å². The fourth-order valence-electron chi connectivity index (χ4n) is 3.65. The molecular weight excluding hydrogens is 384 g/mol. The monoisotopic (exact) mass is 402 g/mol. The number of hydrogen-bond acceptors (Lipinski definition) is 6. The molecule has 4 heterocycles. The highest BCUT2D eigenvalue weighted by Gasteiger charge is 2.25. The molecule has 0 saturated heterocycles. The molecular formula is C22H19ClN6. The first-order valence-corrected chi connectivity index (χ1v) is 9.84. The molecule has 0 unspecified atom stereocenters. The van der Waals surface area contributed by atoms with Crippen molar-refractivity contribution in [1.29, 1.82) is 0 Å². The Morgan fingerprint density at radius 3 is 3.00 bits per heavy atom. The van der Waals surface area contributed by atoms with Crippen LogP contribution < -0.4 is 10.7 Å². The van der Waals surface area contributed by atoms with Gasteiger partial charge in [0.15, 0.2) is 0 Å². The molecule has 2 aromatic heterocycles. The molecule has 7 heteroatoms. The van der Waals surface area contributed by atoms with Gasteiger partial charge in [-0.25, -0.2) is 15.4 Å². The summed E-state index contributed by atoms with van der Waals surface area (Å²) in [5.41, 5.74) is 9.76. The molecule has 0 aliphatic carbocycles. The minimum absolute atomic E-state index is 0.696. The molecule has 0 saturated carbocycles. The van der Waals surface area contributed by atoms with Crippen LogP contribution in [0, 0.1) is 0 Å². The highest BCUT2D eigenvalue weighted by molar-refractivity contribution is 6.30. The number of aliphatic imine (C=N–C) groups is 1. The van der Waals surface area contributed by atoms with E-state index < -0.39 is 0 Å². The third-order valence-electron chi connectivity index (χ3n) is 5.02. The molecule has 0 bridgehead atoms. The van der Waals surface area contributed by atoms with Crippen LogP contribution in [0.3, 0.4) is 0 Å². The number of hydrogen-bond donors (Lipinski definition) is 2. The lowest BCUT2D eigenvalue weighted by molar-refractivity contribution is 0.351. The molecule has 3 aromatic rings. The Labute approximate surface area is 174 Å². The van der Waals surface area contributed by atoms with Gasteiger partial charge in [-0.15, -0.1) is 0 Å². The average Bonchev–Trinajstić information content (AvgIpc) is 2.88. The topological polar surface area (TPSA) is 65.4 Å². The maximum atomic E-state index is 6.08. The van der Waals surface area contributed by atoms with Crippen LogP contribution in [0.4, 0.5) is 11.5 Å².